The van der Waals surface area contributed by atoms with Crippen LogP contribution in [-0.2, 0) is 11.8 Å². The van der Waals surface area contributed by atoms with E-state index in [4.69, 9.17) is 0 Å². The number of amides is 1. The Kier molecular flexibility index (Phi) is 4.15. The van der Waals surface area contributed by atoms with E-state index in [2.05, 4.69) is 10.4 Å². The predicted molar refractivity (Wildman–Crippen MR) is 68.6 cm³/mol. The first-order valence-corrected chi connectivity index (χ1v) is 6.29. The van der Waals surface area contributed by atoms with E-state index >= 15 is 0 Å². The second kappa shape index (κ2) is 5.82. The standard InChI is InChI=1S/C13H19N3O2/c1-16-11(7-8-15-16)5-6-13(18)14-9-10-3-2-4-12(10)17/h5-8,10,12,17H,2-4,9H2,1H3,(H,14,18). The number of carbonyl (C=O) groups is 1. The van der Waals surface area contributed by atoms with E-state index in [9.17, 15) is 9.90 Å². The Hall–Kier alpha value is -1.62. The van der Waals surface area contributed by atoms with E-state index in [-0.39, 0.29) is 17.9 Å². The molecular formula is C13H19N3O2. The molecule has 1 saturated carbocycles. The fourth-order valence-corrected chi connectivity index (χ4v) is 2.25. The molecule has 0 bridgehead atoms. The number of nitrogens with one attached hydrogen (secondary N) is 1. The Morgan fingerprint density at radius 3 is 3.11 bits per heavy atom. The van der Waals surface area contributed by atoms with E-state index in [1.165, 1.54) is 6.08 Å². The maximum atomic E-state index is 11.6. The van der Waals surface area contributed by atoms with Crippen LogP contribution in [0.1, 0.15) is 25.0 Å². The lowest BCUT2D eigenvalue weighted by Gasteiger charge is -2.13. The first-order chi connectivity index (χ1) is 8.66. The summed E-state index contributed by atoms with van der Waals surface area (Å²) in [5.41, 5.74) is 0.881. The van der Waals surface area contributed by atoms with Gasteiger partial charge in [-0.25, -0.2) is 0 Å². The second-order valence-corrected chi connectivity index (χ2v) is 4.72. The SMILES string of the molecule is Cn1nccc1C=CC(=O)NCC1CCCC1O. The van der Waals surface area contributed by atoms with Crippen molar-refractivity contribution in [3.8, 4) is 0 Å². The van der Waals surface area contributed by atoms with Gasteiger partial charge in [-0.3, -0.25) is 9.48 Å². The minimum atomic E-state index is -0.258. The molecule has 0 spiro atoms. The van der Waals surface area contributed by atoms with Gasteiger partial charge >= 0.3 is 0 Å². The number of aromatic nitrogens is 2. The highest BCUT2D eigenvalue weighted by molar-refractivity contribution is 5.91. The van der Waals surface area contributed by atoms with E-state index in [1.54, 1.807) is 17.0 Å². The zero-order valence-corrected chi connectivity index (χ0v) is 10.5. The Morgan fingerprint density at radius 1 is 1.67 bits per heavy atom. The molecule has 0 radical (unpaired) electrons. The Bertz CT molecular complexity index is 439. The third-order valence-corrected chi connectivity index (χ3v) is 3.42. The highest BCUT2D eigenvalue weighted by atomic mass is 16.3. The molecule has 0 aromatic carbocycles. The van der Waals surface area contributed by atoms with Crippen molar-refractivity contribution in [3.05, 3.63) is 24.0 Å². The summed E-state index contributed by atoms with van der Waals surface area (Å²) in [6, 6.07) is 1.84. The molecule has 1 aliphatic carbocycles. The van der Waals surface area contributed by atoms with Crippen LogP contribution in [-0.4, -0.2) is 33.4 Å². The van der Waals surface area contributed by atoms with Crippen molar-refractivity contribution in [3.63, 3.8) is 0 Å². The van der Waals surface area contributed by atoms with E-state index in [0.717, 1.165) is 25.0 Å². The van der Waals surface area contributed by atoms with Crippen LogP contribution < -0.4 is 5.32 Å². The number of carbonyl (C=O) groups excluding carboxylic acids is 1. The van der Waals surface area contributed by atoms with Crippen LogP contribution >= 0.6 is 0 Å². The van der Waals surface area contributed by atoms with E-state index in [1.807, 2.05) is 13.1 Å². The molecule has 18 heavy (non-hydrogen) atoms. The Morgan fingerprint density at radius 2 is 2.50 bits per heavy atom. The minimum Gasteiger partial charge on any atom is -0.393 e. The van der Waals surface area contributed by atoms with Crippen LogP contribution in [0.25, 0.3) is 6.08 Å². The lowest BCUT2D eigenvalue weighted by atomic mass is 10.1. The molecule has 1 aromatic heterocycles. The largest absolute Gasteiger partial charge is 0.393 e. The molecule has 0 aliphatic heterocycles. The Balaban J connectivity index is 1.78. The zero-order valence-electron chi connectivity index (χ0n) is 10.5. The average Bonchev–Trinajstić information content (AvgIpc) is 2.93. The highest BCUT2D eigenvalue weighted by Gasteiger charge is 2.24. The summed E-state index contributed by atoms with van der Waals surface area (Å²) >= 11 is 0. The van der Waals surface area contributed by atoms with Crippen molar-refractivity contribution in [2.45, 2.75) is 25.4 Å². The fourth-order valence-electron chi connectivity index (χ4n) is 2.25. The van der Waals surface area contributed by atoms with Gasteiger partial charge in [-0.15, -0.1) is 0 Å². The van der Waals surface area contributed by atoms with Gasteiger partial charge in [0.2, 0.25) is 5.91 Å². The number of aliphatic hydroxyl groups is 1. The van der Waals surface area contributed by atoms with Gasteiger partial charge in [0.25, 0.3) is 0 Å². The van der Waals surface area contributed by atoms with Crippen LogP contribution in [0.5, 0.6) is 0 Å². The van der Waals surface area contributed by atoms with Crippen molar-refractivity contribution >= 4 is 12.0 Å². The van der Waals surface area contributed by atoms with Crippen LogP contribution in [0.3, 0.4) is 0 Å². The summed E-state index contributed by atoms with van der Waals surface area (Å²) < 4.78 is 1.70. The zero-order chi connectivity index (χ0) is 13.0. The highest BCUT2D eigenvalue weighted by Crippen LogP contribution is 2.24. The van der Waals surface area contributed by atoms with Gasteiger partial charge in [0.15, 0.2) is 0 Å². The van der Waals surface area contributed by atoms with E-state index < -0.39 is 0 Å². The molecule has 2 unspecified atom stereocenters. The van der Waals surface area contributed by atoms with Gasteiger partial charge in [0, 0.05) is 31.8 Å². The van der Waals surface area contributed by atoms with Gasteiger partial charge in [-0.05, 0) is 25.0 Å². The minimum absolute atomic E-state index is 0.129. The van der Waals surface area contributed by atoms with Crippen molar-refractivity contribution < 1.29 is 9.90 Å². The molecule has 1 aliphatic rings. The average molecular weight is 249 g/mol. The number of nitrogens with zero attached hydrogens (tertiary/aromatic N) is 2. The summed E-state index contributed by atoms with van der Waals surface area (Å²) in [5.74, 6) is 0.0781. The van der Waals surface area contributed by atoms with Gasteiger partial charge in [0.05, 0.1) is 11.8 Å². The van der Waals surface area contributed by atoms with Crippen molar-refractivity contribution in [1.29, 1.82) is 0 Å². The monoisotopic (exact) mass is 249 g/mol. The topological polar surface area (TPSA) is 67.2 Å². The maximum absolute atomic E-state index is 11.6. The van der Waals surface area contributed by atoms with Gasteiger partial charge in [-0.1, -0.05) is 6.42 Å². The molecule has 5 heteroatoms. The summed E-state index contributed by atoms with van der Waals surface area (Å²) in [7, 11) is 1.83. The quantitative estimate of drug-likeness (QED) is 0.772. The molecule has 1 amide bonds. The summed E-state index contributed by atoms with van der Waals surface area (Å²) in [5, 5.41) is 16.5. The lowest BCUT2D eigenvalue weighted by molar-refractivity contribution is -0.116. The fraction of sp³-hybridized carbons (Fsp3) is 0.538. The molecule has 2 N–H and O–H groups in total. The molecule has 1 heterocycles. The first-order valence-electron chi connectivity index (χ1n) is 6.29. The normalized spacial score (nSPS) is 23.7. The summed E-state index contributed by atoms with van der Waals surface area (Å²) in [6.45, 7) is 0.551. The number of aliphatic hydroxyl groups excluding tert-OH is 1. The summed E-state index contributed by atoms with van der Waals surface area (Å²) in [6.07, 6.45) is 7.55. The number of hydrogen-bond donors (Lipinski definition) is 2. The molecule has 98 valence electrons. The smallest absolute Gasteiger partial charge is 0.244 e. The molecule has 2 atom stereocenters. The summed E-state index contributed by atoms with van der Waals surface area (Å²) in [4.78, 5) is 11.6. The van der Waals surface area contributed by atoms with Gasteiger partial charge in [0.1, 0.15) is 0 Å². The molecule has 1 fully saturated rings. The number of rotatable bonds is 4. The molecule has 5 nitrogen and oxygen atoms in total. The van der Waals surface area contributed by atoms with Crippen LogP contribution in [0.4, 0.5) is 0 Å². The van der Waals surface area contributed by atoms with Crippen LogP contribution in [0.15, 0.2) is 18.3 Å². The van der Waals surface area contributed by atoms with Crippen molar-refractivity contribution in [2.75, 3.05) is 6.54 Å². The van der Waals surface area contributed by atoms with Gasteiger partial charge < -0.3 is 10.4 Å². The van der Waals surface area contributed by atoms with Gasteiger partial charge in [-0.2, -0.15) is 5.10 Å². The van der Waals surface area contributed by atoms with Crippen molar-refractivity contribution in [1.82, 2.24) is 15.1 Å². The first kappa shape index (κ1) is 12.8. The van der Waals surface area contributed by atoms with Crippen LogP contribution in [0, 0.1) is 5.92 Å². The van der Waals surface area contributed by atoms with E-state index in [0.29, 0.717) is 6.54 Å². The van der Waals surface area contributed by atoms with Crippen LogP contribution in [0.2, 0.25) is 0 Å². The number of hydrogen-bond acceptors (Lipinski definition) is 3. The molecule has 1 aromatic rings. The number of aryl methyl sites for hydroxylation is 1. The lowest BCUT2D eigenvalue weighted by Crippen LogP contribution is -2.31. The molecule has 0 saturated heterocycles. The predicted octanol–water partition coefficient (Wildman–Crippen LogP) is 0.710. The molecular weight excluding hydrogens is 230 g/mol. The Labute approximate surface area is 106 Å². The third-order valence-electron chi connectivity index (χ3n) is 3.42. The maximum Gasteiger partial charge on any atom is 0.244 e. The third kappa shape index (κ3) is 3.20. The molecule has 2 rings (SSSR count). The van der Waals surface area contributed by atoms with Crippen molar-refractivity contribution in [2.24, 2.45) is 13.0 Å². The second-order valence-electron chi connectivity index (χ2n) is 4.72.